The van der Waals surface area contributed by atoms with Crippen LogP contribution in [0.2, 0.25) is 0 Å². The van der Waals surface area contributed by atoms with Crippen molar-refractivity contribution in [3.05, 3.63) is 99.0 Å². The van der Waals surface area contributed by atoms with Crippen molar-refractivity contribution < 1.29 is 24.2 Å². The van der Waals surface area contributed by atoms with Crippen LogP contribution in [-0.4, -0.2) is 39.7 Å². The normalized spacial score (nSPS) is 19.9. The zero-order chi connectivity index (χ0) is 27.1. The summed E-state index contributed by atoms with van der Waals surface area (Å²) in [5.74, 6) is -1.79. The van der Waals surface area contributed by atoms with E-state index in [0.29, 0.717) is 32.6 Å². The molecule has 1 saturated heterocycles. The zero-order valence-corrected chi connectivity index (χ0v) is 21.8. The van der Waals surface area contributed by atoms with Gasteiger partial charge in [0.25, 0.3) is 5.91 Å². The quantitative estimate of drug-likeness (QED) is 0.241. The summed E-state index contributed by atoms with van der Waals surface area (Å²) in [5, 5.41) is 12.0. The lowest BCUT2D eigenvalue weighted by Crippen LogP contribution is -2.32. The number of aromatic nitrogens is 1. The van der Waals surface area contributed by atoms with Crippen molar-refractivity contribution >= 4 is 52.2 Å². The Morgan fingerprint density at radius 3 is 2.51 bits per heavy atom. The van der Waals surface area contributed by atoms with Crippen LogP contribution in [-0.2, 0) is 14.4 Å². The number of amides is 3. The number of anilines is 2. The Morgan fingerprint density at radius 2 is 1.74 bits per heavy atom. The molecule has 0 spiro atoms. The summed E-state index contributed by atoms with van der Waals surface area (Å²) >= 11 is 2.25. The summed E-state index contributed by atoms with van der Waals surface area (Å²) in [5.41, 5.74) is 1.73. The fourth-order valence-corrected chi connectivity index (χ4v) is 7.41. The van der Waals surface area contributed by atoms with Gasteiger partial charge in [0.15, 0.2) is 6.61 Å². The lowest BCUT2D eigenvalue weighted by Gasteiger charge is -2.30. The molecule has 0 radical (unpaired) electrons. The number of hydrogen-bond acceptors (Lipinski definition) is 8. The van der Waals surface area contributed by atoms with Crippen molar-refractivity contribution in [2.24, 2.45) is 5.92 Å². The number of rotatable bonds is 6. The third-order valence-corrected chi connectivity index (χ3v) is 8.98. The Bertz CT molecular complexity index is 1630. The van der Waals surface area contributed by atoms with E-state index in [2.05, 4.69) is 10.3 Å². The molecular weight excluding hydrogens is 538 g/mol. The molecule has 3 amide bonds. The average molecular weight is 560 g/mol. The number of ether oxygens (including phenoxy) is 1. The second kappa shape index (κ2) is 10.1. The predicted molar refractivity (Wildman–Crippen MR) is 148 cm³/mol. The van der Waals surface area contributed by atoms with Gasteiger partial charge in [0.2, 0.25) is 11.8 Å². The first kappa shape index (κ1) is 25.0. The maximum absolute atomic E-state index is 13.8. The van der Waals surface area contributed by atoms with Crippen molar-refractivity contribution in [1.82, 2.24) is 4.98 Å². The third-order valence-electron chi connectivity index (χ3n) is 6.58. The number of hydrogen-bond donors (Lipinski definition) is 3. The first-order valence-electron chi connectivity index (χ1n) is 12.0. The monoisotopic (exact) mass is 559 g/mol. The molecule has 6 rings (SSSR count). The van der Waals surface area contributed by atoms with E-state index in [-0.39, 0.29) is 35.0 Å². The molecule has 0 unspecified atom stereocenters. The highest BCUT2D eigenvalue weighted by Crippen LogP contribution is 2.53. The minimum Gasteiger partial charge on any atom is -0.508 e. The van der Waals surface area contributed by atoms with Crippen molar-refractivity contribution in [2.45, 2.75) is 16.2 Å². The number of carbonyl (C=O) groups excluding carboxylic acids is 3. The van der Waals surface area contributed by atoms with Gasteiger partial charge in [0, 0.05) is 16.5 Å². The van der Waals surface area contributed by atoms with E-state index >= 15 is 0 Å². The van der Waals surface area contributed by atoms with Crippen LogP contribution in [0.4, 0.5) is 11.4 Å². The fourth-order valence-electron chi connectivity index (χ4n) is 4.90. The van der Waals surface area contributed by atoms with Gasteiger partial charge in [-0.05, 0) is 54.1 Å². The topological polar surface area (TPSA) is 129 Å². The maximum Gasteiger partial charge on any atom is 0.305 e. The van der Waals surface area contributed by atoms with E-state index in [1.807, 2.05) is 12.1 Å². The summed E-state index contributed by atoms with van der Waals surface area (Å²) in [7, 11) is 0. The number of thiazole rings is 1. The molecule has 2 aliphatic heterocycles. The summed E-state index contributed by atoms with van der Waals surface area (Å²) in [6, 6.07) is 21.9. The summed E-state index contributed by atoms with van der Waals surface area (Å²) in [6.45, 7) is -0.265. The fraction of sp³-hybridized carbons (Fsp3) is 0.143. The molecule has 2 aliphatic rings. The molecule has 0 aliphatic carbocycles. The Kier molecular flexibility index (Phi) is 6.45. The van der Waals surface area contributed by atoms with Crippen LogP contribution in [0.25, 0.3) is 0 Å². The second-order valence-electron chi connectivity index (χ2n) is 9.05. The van der Waals surface area contributed by atoms with Crippen molar-refractivity contribution in [2.75, 3.05) is 16.8 Å². The molecular formula is C28H21N3O6S2. The molecule has 39 heavy (non-hydrogen) atoms. The van der Waals surface area contributed by atoms with Gasteiger partial charge in [-0.1, -0.05) is 53.4 Å². The summed E-state index contributed by atoms with van der Waals surface area (Å²) in [4.78, 5) is 56.4. The van der Waals surface area contributed by atoms with Gasteiger partial charge in [-0.25, -0.2) is 4.90 Å². The van der Waals surface area contributed by atoms with Crippen molar-refractivity contribution in [3.63, 3.8) is 0 Å². The van der Waals surface area contributed by atoms with Crippen LogP contribution < -0.4 is 19.8 Å². The number of phenolic OH excluding ortho intramolecular Hbond substituents is 1. The smallest absolute Gasteiger partial charge is 0.305 e. The molecule has 1 fully saturated rings. The highest BCUT2D eigenvalue weighted by molar-refractivity contribution is 8.00. The molecule has 11 heteroatoms. The number of H-pyrrole nitrogens is 1. The largest absolute Gasteiger partial charge is 0.508 e. The van der Waals surface area contributed by atoms with E-state index in [4.69, 9.17) is 4.74 Å². The number of nitrogens with one attached hydrogen (secondary N) is 2. The lowest BCUT2D eigenvalue weighted by molar-refractivity contribution is -0.122. The number of para-hydroxylation sites is 1. The number of imide groups is 1. The molecule has 9 nitrogen and oxygen atoms in total. The average Bonchev–Trinajstić information content (AvgIpc) is 3.43. The minimum absolute atomic E-state index is 0.0920. The highest BCUT2D eigenvalue weighted by atomic mass is 32.2. The number of carbonyl (C=O) groups is 3. The van der Waals surface area contributed by atoms with Crippen LogP contribution in [0.1, 0.15) is 16.4 Å². The molecule has 3 N–H and O–H groups in total. The molecule has 3 heterocycles. The van der Waals surface area contributed by atoms with Gasteiger partial charge in [-0.15, -0.1) is 0 Å². The van der Waals surface area contributed by atoms with Gasteiger partial charge < -0.3 is 20.1 Å². The number of fused-ring (bicyclic) bond motifs is 2. The number of aromatic amines is 1. The molecule has 0 bridgehead atoms. The summed E-state index contributed by atoms with van der Waals surface area (Å²) < 4.78 is 5.74. The Morgan fingerprint density at radius 1 is 0.974 bits per heavy atom. The second-order valence-corrected chi connectivity index (χ2v) is 11.2. The third kappa shape index (κ3) is 4.70. The lowest BCUT2D eigenvalue weighted by atomic mass is 9.83. The number of aromatic hydroxyl groups is 1. The van der Waals surface area contributed by atoms with E-state index in [1.165, 1.54) is 28.8 Å². The maximum atomic E-state index is 13.8. The zero-order valence-electron chi connectivity index (χ0n) is 20.2. The number of phenols is 1. The van der Waals surface area contributed by atoms with Gasteiger partial charge in [-0.3, -0.25) is 19.2 Å². The van der Waals surface area contributed by atoms with Crippen LogP contribution in [0.15, 0.2) is 88.7 Å². The molecule has 1 aromatic heterocycles. The Balaban J connectivity index is 1.28. The Labute approximate surface area is 230 Å². The molecule has 196 valence electrons. The van der Waals surface area contributed by atoms with Gasteiger partial charge in [0.1, 0.15) is 16.7 Å². The van der Waals surface area contributed by atoms with E-state index < -0.39 is 17.1 Å². The summed E-state index contributed by atoms with van der Waals surface area (Å²) in [6.07, 6.45) is 0. The number of benzene rings is 3. The van der Waals surface area contributed by atoms with E-state index in [1.54, 1.807) is 54.6 Å². The first-order chi connectivity index (χ1) is 18.9. The van der Waals surface area contributed by atoms with Crippen molar-refractivity contribution in [3.8, 4) is 11.5 Å². The van der Waals surface area contributed by atoms with Crippen LogP contribution in [0.3, 0.4) is 0 Å². The van der Waals surface area contributed by atoms with Crippen LogP contribution in [0, 0.1) is 5.92 Å². The van der Waals surface area contributed by atoms with Gasteiger partial charge in [0.05, 0.1) is 16.6 Å². The van der Waals surface area contributed by atoms with E-state index in [9.17, 15) is 24.3 Å². The number of thioether (sulfide) groups is 1. The molecule has 3 aromatic carbocycles. The van der Waals surface area contributed by atoms with Gasteiger partial charge >= 0.3 is 4.87 Å². The molecule has 0 saturated carbocycles. The molecule has 3 atom stereocenters. The molecule has 4 aromatic rings. The first-order valence-corrected chi connectivity index (χ1v) is 13.7. The van der Waals surface area contributed by atoms with Crippen molar-refractivity contribution in [1.29, 1.82) is 0 Å². The van der Waals surface area contributed by atoms with Crippen LogP contribution in [0.5, 0.6) is 11.5 Å². The standard InChI is InChI=1S/C28H21N3O6S2/c32-18-11-9-16(10-12-18)29-20(33)14-37-19-8-4-5-15(13-19)21-22-24(38-25-23(21)39-28(36)30-25)27(35)31(26(22)34)17-6-2-1-3-7-17/h1-13,21-22,24,32H,14H2,(H,29,33)(H,30,36)/t21-,22-,24+/m0/s1. The number of nitrogens with zero attached hydrogens (tertiary/aromatic N) is 1. The SMILES string of the molecule is O=C(COc1cccc([C@@H]2c3sc(=O)[nH]c3S[C@H]3C(=O)N(c4ccccc4)C(=O)[C@@H]23)c1)Nc1ccc(O)cc1. The van der Waals surface area contributed by atoms with Crippen LogP contribution >= 0.6 is 23.1 Å². The van der Waals surface area contributed by atoms with Gasteiger partial charge in [-0.2, -0.15) is 0 Å². The minimum atomic E-state index is -0.713. The van der Waals surface area contributed by atoms with E-state index in [0.717, 1.165) is 11.3 Å². The Hall–Kier alpha value is -4.35. The predicted octanol–water partition coefficient (Wildman–Crippen LogP) is 3.96. The highest BCUT2D eigenvalue weighted by Gasteiger charge is 2.56.